The average molecular weight is 218 g/mol. The molecule has 1 aliphatic rings. The molecule has 2 rings (SSSR count). The smallest absolute Gasteiger partial charge is 0.115 e. The van der Waals surface area contributed by atoms with Gasteiger partial charge in [-0.2, -0.15) is 0 Å². The first-order chi connectivity index (χ1) is 5.95. The molecule has 1 atom stereocenters. The highest BCUT2D eigenvalue weighted by atomic mass is 35.5. The SMILES string of the molecule is Cl.c1cnc(SC2CCNC2)cn1. The van der Waals surface area contributed by atoms with E-state index in [1.165, 1.54) is 6.42 Å². The second kappa shape index (κ2) is 5.42. The first-order valence-electron chi connectivity index (χ1n) is 4.08. The van der Waals surface area contributed by atoms with Crippen LogP contribution in [0.5, 0.6) is 0 Å². The first-order valence-corrected chi connectivity index (χ1v) is 4.96. The van der Waals surface area contributed by atoms with Gasteiger partial charge in [-0.05, 0) is 13.0 Å². The molecule has 1 N–H and O–H groups in total. The van der Waals surface area contributed by atoms with Crippen LogP contribution in [0.15, 0.2) is 23.6 Å². The number of thioether (sulfide) groups is 1. The van der Waals surface area contributed by atoms with E-state index < -0.39 is 0 Å². The van der Waals surface area contributed by atoms with Crippen molar-refractivity contribution in [1.82, 2.24) is 15.3 Å². The molecule has 3 nitrogen and oxygen atoms in total. The predicted molar refractivity (Wildman–Crippen MR) is 56.4 cm³/mol. The maximum absolute atomic E-state index is 4.21. The molecule has 5 heteroatoms. The third kappa shape index (κ3) is 3.14. The zero-order valence-electron chi connectivity index (χ0n) is 7.14. The maximum atomic E-state index is 4.21. The van der Waals surface area contributed by atoms with Gasteiger partial charge in [0.25, 0.3) is 0 Å². The molecule has 1 saturated heterocycles. The third-order valence-electron chi connectivity index (χ3n) is 1.84. The van der Waals surface area contributed by atoms with Gasteiger partial charge in [0.1, 0.15) is 5.03 Å². The van der Waals surface area contributed by atoms with E-state index in [2.05, 4.69) is 15.3 Å². The average Bonchev–Trinajstić information content (AvgIpc) is 2.59. The number of rotatable bonds is 2. The normalized spacial score (nSPS) is 21.1. The summed E-state index contributed by atoms with van der Waals surface area (Å²) in [5.74, 6) is 0. The lowest BCUT2D eigenvalue weighted by atomic mass is 10.4. The van der Waals surface area contributed by atoms with Gasteiger partial charge in [-0.3, -0.25) is 4.98 Å². The first kappa shape index (κ1) is 10.8. The summed E-state index contributed by atoms with van der Waals surface area (Å²) in [4.78, 5) is 8.24. The molecule has 1 fully saturated rings. The summed E-state index contributed by atoms with van der Waals surface area (Å²) in [7, 11) is 0. The minimum atomic E-state index is 0. The molecule has 13 heavy (non-hydrogen) atoms. The fourth-order valence-electron chi connectivity index (χ4n) is 1.25. The van der Waals surface area contributed by atoms with Gasteiger partial charge in [-0.1, -0.05) is 0 Å². The Kier molecular flexibility index (Phi) is 4.48. The molecule has 0 radical (unpaired) electrons. The van der Waals surface area contributed by atoms with Gasteiger partial charge >= 0.3 is 0 Å². The lowest BCUT2D eigenvalue weighted by Gasteiger charge is -2.05. The Balaban J connectivity index is 0.000000845. The molecule has 0 aromatic carbocycles. The Morgan fingerprint density at radius 2 is 2.38 bits per heavy atom. The van der Waals surface area contributed by atoms with Crippen molar-refractivity contribution < 1.29 is 0 Å². The number of hydrogen-bond acceptors (Lipinski definition) is 4. The van der Waals surface area contributed by atoms with Crippen molar-refractivity contribution in [2.45, 2.75) is 16.7 Å². The summed E-state index contributed by atoms with van der Waals surface area (Å²) in [6.45, 7) is 2.24. The minimum Gasteiger partial charge on any atom is -0.316 e. The largest absolute Gasteiger partial charge is 0.316 e. The van der Waals surface area contributed by atoms with Crippen molar-refractivity contribution in [3.8, 4) is 0 Å². The van der Waals surface area contributed by atoms with E-state index >= 15 is 0 Å². The van der Waals surface area contributed by atoms with Gasteiger partial charge in [-0.25, -0.2) is 4.98 Å². The van der Waals surface area contributed by atoms with E-state index in [9.17, 15) is 0 Å². The van der Waals surface area contributed by atoms with Gasteiger partial charge in [-0.15, -0.1) is 24.2 Å². The highest BCUT2D eigenvalue weighted by Gasteiger charge is 2.15. The number of aromatic nitrogens is 2. The molecule has 0 bridgehead atoms. The number of halogens is 1. The van der Waals surface area contributed by atoms with Crippen LogP contribution in [0, 0.1) is 0 Å². The van der Waals surface area contributed by atoms with Gasteiger partial charge in [0.15, 0.2) is 0 Å². The lowest BCUT2D eigenvalue weighted by Crippen LogP contribution is -2.10. The van der Waals surface area contributed by atoms with E-state index in [1.807, 2.05) is 18.0 Å². The van der Waals surface area contributed by atoms with E-state index in [0.29, 0.717) is 5.25 Å². The van der Waals surface area contributed by atoms with Crippen molar-refractivity contribution >= 4 is 24.2 Å². The molecular formula is C8H12ClN3S. The summed E-state index contributed by atoms with van der Waals surface area (Å²) in [5.41, 5.74) is 0. The molecule has 1 aromatic heterocycles. The second-order valence-electron chi connectivity index (χ2n) is 2.78. The lowest BCUT2D eigenvalue weighted by molar-refractivity contribution is 0.858. The van der Waals surface area contributed by atoms with Crippen molar-refractivity contribution in [3.05, 3.63) is 18.6 Å². The van der Waals surface area contributed by atoms with Gasteiger partial charge in [0, 0.05) is 24.2 Å². The molecule has 1 aliphatic heterocycles. The van der Waals surface area contributed by atoms with Crippen LogP contribution in [0.4, 0.5) is 0 Å². The Bertz CT molecular complexity index is 238. The van der Waals surface area contributed by atoms with Crippen LogP contribution in [-0.2, 0) is 0 Å². The molecule has 0 saturated carbocycles. The Labute approximate surface area is 88.2 Å². The van der Waals surface area contributed by atoms with Crippen LogP contribution in [0.1, 0.15) is 6.42 Å². The van der Waals surface area contributed by atoms with Crippen molar-refractivity contribution in [2.24, 2.45) is 0 Å². The van der Waals surface area contributed by atoms with Gasteiger partial charge in [0.05, 0.1) is 6.20 Å². The predicted octanol–water partition coefficient (Wildman–Crippen LogP) is 1.35. The van der Waals surface area contributed by atoms with Crippen LogP contribution in [0.25, 0.3) is 0 Å². The molecule has 0 spiro atoms. The summed E-state index contributed by atoms with van der Waals surface area (Å²) in [6.07, 6.45) is 6.51. The molecule has 0 aliphatic carbocycles. The van der Waals surface area contributed by atoms with Crippen LogP contribution in [-0.4, -0.2) is 28.3 Å². The van der Waals surface area contributed by atoms with E-state index in [-0.39, 0.29) is 12.4 Å². The second-order valence-corrected chi connectivity index (χ2v) is 4.10. The van der Waals surface area contributed by atoms with Crippen LogP contribution >= 0.6 is 24.2 Å². The topological polar surface area (TPSA) is 37.8 Å². The monoisotopic (exact) mass is 217 g/mol. The van der Waals surface area contributed by atoms with E-state index in [0.717, 1.165) is 18.1 Å². The molecule has 2 heterocycles. The number of hydrogen-bond donors (Lipinski definition) is 1. The van der Waals surface area contributed by atoms with Crippen molar-refractivity contribution in [3.63, 3.8) is 0 Å². The van der Waals surface area contributed by atoms with Gasteiger partial charge in [0.2, 0.25) is 0 Å². The fourth-order valence-corrected chi connectivity index (χ4v) is 2.27. The minimum absolute atomic E-state index is 0. The maximum Gasteiger partial charge on any atom is 0.115 e. The Morgan fingerprint density at radius 1 is 1.46 bits per heavy atom. The molecule has 1 unspecified atom stereocenters. The third-order valence-corrected chi connectivity index (χ3v) is 3.03. The summed E-state index contributed by atoms with van der Waals surface area (Å²) >= 11 is 1.82. The highest BCUT2D eigenvalue weighted by molar-refractivity contribution is 7.99. The highest BCUT2D eigenvalue weighted by Crippen LogP contribution is 2.23. The van der Waals surface area contributed by atoms with E-state index in [1.54, 1.807) is 12.4 Å². The fraction of sp³-hybridized carbons (Fsp3) is 0.500. The standard InChI is InChI=1S/C8H11N3S.ClH/c1-2-9-5-7(1)12-8-6-10-3-4-11-8;/h3-4,6-7,9H,1-2,5H2;1H. The van der Waals surface area contributed by atoms with Crippen molar-refractivity contribution in [1.29, 1.82) is 0 Å². The Hall–Kier alpha value is -0.320. The summed E-state index contributed by atoms with van der Waals surface area (Å²) < 4.78 is 0. The molecular weight excluding hydrogens is 206 g/mol. The zero-order chi connectivity index (χ0) is 8.23. The van der Waals surface area contributed by atoms with Crippen LogP contribution in [0.3, 0.4) is 0 Å². The van der Waals surface area contributed by atoms with Gasteiger partial charge < -0.3 is 5.32 Å². The summed E-state index contributed by atoms with van der Waals surface area (Å²) in [6, 6.07) is 0. The number of nitrogens with zero attached hydrogens (tertiary/aromatic N) is 2. The molecule has 1 aromatic rings. The molecule has 72 valence electrons. The van der Waals surface area contributed by atoms with E-state index in [4.69, 9.17) is 0 Å². The number of nitrogens with one attached hydrogen (secondary N) is 1. The van der Waals surface area contributed by atoms with Crippen LogP contribution < -0.4 is 5.32 Å². The quantitative estimate of drug-likeness (QED) is 0.812. The summed E-state index contributed by atoms with van der Waals surface area (Å²) in [5, 5.41) is 5.04. The van der Waals surface area contributed by atoms with Crippen molar-refractivity contribution in [2.75, 3.05) is 13.1 Å². The van der Waals surface area contributed by atoms with Crippen LogP contribution in [0.2, 0.25) is 0 Å². The zero-order valence-corrected chi connectivity index (χ0v) is 8.77. The Morgan fingerprint density at radius 3 is 3.00 bits per heavy atom. The molecule has 0 amide bonds.